The number of alkyl halides is 3. The highest BCUT2D eigenvalue weighted by atomic mass is 35.5. The molecular formula is C16H24ClF3N2O3. The molecule has 1 aliphatic heterocycles. The number of nitrogens with one attached hydrogen (secondary N) is 1. The first-order valence-electron chi connectivity index (χ1n) is 7.71. The van der Waals surface area contributed by atoms with E-state index in [1.165, 1.54) is 21.3 Å². The summed E-state index contributed by atoms with van der Waals surface area (Å²) >= 11 is 0. The van der Waals surface area contributed by atoms with Gasteiger partial charge in [0.1, 0.15) is 5.75 Å². The second-order valence-electron chi connectivity index (χ2n) is 5.57. The van der Waals surface area contributed by atoms with Crippen molar-refractivity contribution in [2.45, 2.75) is 18.6 Å². The van der Waals surface area contributed by atoms with Gasteiger partial charge >= 0.3 is 6.18 Å². The van der Waals surface area contributed by atoms with Gasteiger partial charge in [-0.1, -0.05) is 0 Å². The monoisotopic (exact) mass is 384 g/mol. The summed E-state index contributed by atoms with van der Waals surface area (Å²) in [6.45, 7) is 2.39. The number of ether oxygens (including phenoxy) is 3. The predicted molar refractivity (Wildman–Crippen MR) is 91.2 cm³/mol. The van der Waals surface area contributed by atoms with Crippen LogP contribution in [0.1, 0.15) is 18.0 Å². The second-order valence-corrected chi connectivity index (χ2v) is 5.57. The van der Waals surface area contributed by atoms with Gasteiger partial charge in [0, 0.05) is 43.9 Å². The molecule has 1 aromatic rings. The molecule has 1 atom stereocenters. The van der Waals surface area contributed by atoms with Crippen LogP contribution in [0.25, 0.3) is 0 Å². The summed E-state index contributed by atoms with van der Waals surface area (Å²) in [4.78, 5) is 1.83. The maximum atomic E-state index is 13.2. The fraction of sp³-hybridized carbons (Fsp3) is 0.625. The first-order valence-corrected chi connectivity index (χ1v) is 7.71. The van der Waals surface area contributed by atoms with Crippen LogP contribution in [-0.2, 0) is 0 Å². The number of methoxy groups -OCH3 is 3. The van der Waals surface area contributed by atoms with Gasteiger partial charge in [-0.25, -0.2) is 0 Å². The van der Waals surface area contributed by atoms with Crippen molar-refractivity contribution in [1.29, 1.82) is 0 Å². The maximum absolute atomic E-state index is 13.2. The Morgan fingerprint density at radius 1 is 1.00 bits per heavy atom. The molecule has 0 unspecified atom stereocenters. The molecular weight excluding hydrogens is 361 g/mol. The van der Waals surface area contributed by atoms with Gasteiger partial charge in [-0.05, 0) is 6.07 Å². The average molecular weight is 385 g/mol. The van der Waals surface area contributed by atoms with Gasteiger partial charge in [0.25, 0.3) is 0 Å². The third-order valence-corrected chi connectivity index (χ3v) is 4.11. The average Bonchev–Trinajstić information content (AvgIpc) is 2.58. The molecule has 1 saturated heterocycles. The van der Waals surface area contributed by atoms with Gasteiger partial charge in [-0.2, -0.15) is 13.2 Å². The highest BCUT2D eigenvalue weighted by molar-refractivity contribution is 5.85. The molecule has 9 heteroatoms. The molecule has 0 aliphatic carbocycles. The second kappa shape index (κ2) is 9.35. The summed E-state index contributed by atoms with van der Waals surface area (Å²) < 4.78 is 55.3. The zero-order chi connectivity index (χ0) is 17.7. The summed E-state index contributed by atoms with van der Waals surface area (Å²) in [5.41, 5.74) is 0.453. The standard InChI is InChI=1S/C16H23F3N2O3.ClH/c1-22-13-9-15(24-3)14(23-2)8-11(13)12(10-16(17,18)19)21-6-4-20-5-7-21;/h8-9,12,20H,4-7,10H2,1-3H3;1H/t12-;/m1./s1. The van der Waals surface area contributed by atoms with Gasteiger partial charge in [-0.3, -0.25) is 4.90 Å². The van der Waals surface area contributed by atoms with Crippen molar-refractivity contribution in [2.24, 2.45) is 0 Å². The smallest absolute Gasteiger partial charge is 0.390 e. The Morgan fingerprint density at radius 2 is 1.52 bits per heavy atom. The van der Waals surface area contributed by atoms with Crippen LogP contribution in [0.2, 0.25) is 0 Å². The molecule has 1 N–H and O–H groups in total. The molecule has 1 heterocycles. The zero-order valence-corrected chi connectivity index (χ0v) is 15.3. The number of nitrogens with zero attached hydrogens (tertiary/aromatic N) is 1. The fourth-order valence-electron chi connectivity index (χ4n) is 2.96. The van der Waals surface area contributed by atoms with Gasteiger partial charge in [-0.15, -0.1) is 12.4 Å². The van der Waals surface area contributed by atoms with E-state index >= 15 is 0 Å². The van der Waals surface area contributed by atoms with Gasteiger partial charge < -0.3 is 19.5 Å². The van der Waals surface area contributed by atoms with Crippen LogP contribution < -0.4 is 19.5 Å². The lowest BCUT2D eigenvalue weighted by Crippen LogP contribution is -2.46. The van der Waals surface area contributed by atoms with Crippen molar-refractivity contribution in [3.8, 4) is 17.2 Å². The molecule has 0 spiro atoms. The Bertz CT molecular complexity index is 552. The lowest BCUT2D eigenvalue weighted by Gasteiger charge is -2.36. The Kier molecular flexibility index (Phi) is 8.11. The van der Waals surface area contributed by atoms with Crippen molar-refractivity contribution in [2.75, 3.05) is 47.5 Å². The van der Waals surface area contributed by atoms with Crippen LogP contribution in [0.5, 0.6) is 17.2 Å². The fourth-order valence-corrected chi connectivity index (χ4v) is 2.96. The molecule has 0 aromatic heterocycles. The minimum atomic E-state index is -4.28. The molecule has 25 heavy (non-hydrogen) atoms. The topological polar surface area (TPSA) is 43.0 Å². The van der Waals surface area contributed by atoms with E-state index in [9.17, 15) is 13.2 Å². The summed E-state index contributed by atoms with van der Waals surface area (Å²) in [7, 11) is 4.37. The minimum absolute atomic E-state index is 0. The third-order valence-electron chi connectivity index (χ3n) is 4.11. The van der Waals surface area contributed by atoms with Crippen LogP contribution in [0.3, 0.4) is 0 Å². The van der Waals surface area contributed by atoms with E-state index in [1.54, 1.807) is 12.1 Å². The lowest BCUT2D eigenvalue weighted by molar-refractivity contribution is -0.148. The largest absolute Gasteiger partial charge is 0.496 e. The molecule has 0 radical (unpaired) electrons. The lowest BCUT2D eigenvalue weighted by atomic mass is 9.99. The number of rotatable bonds is 6. The SMILES string of the molecule is COc1cc(OC)c([C@@H](CC(F)(F)F)N2CCNCC2)cc1OC.Cl. The Morgan fingerprint density at radius 3 is 2.00 bits per heavy atom. The quantitative estimate of drug-likeness (QED) is 0.816. The van der Waals surface area contributed by atoms with E-state index in [-0.39, 0.29) is 12.4 Å². The molecule has 0 saturated carbocycles. The van der Waals surface area contributed by atoms with Crippen LogP contribution in [0.15, 0.2) is 12.1 Å². The summed E-state index contributed by atoms with van der Waals surface area (Å²) in [5, 5.41) is 3.15. The number of halogens is 4. The highest BCUT2D eigenvalue weighted by Crippen LogP contribution is 2.43. The minimum Gasteiger partial charge on any atom is -0.496 e. The van der Waals surface area contributed by atoms with E-state index in [0.29, 0.717) is 49.0 Å². The number of benzene rings is 1. The Labute approximate surface area is 151 Å². The molecule has 144 valence electrons. The third kappa shape index (κ3) is 5.55. The van der Waals surface area contributed by atoms with Crippen molar-refractivity contribution in [3.63, 3.8) is 0 Å². The van der Waals surface area contributed by atoms with Crippen LogP contribution in [-0.4, -0.2) is 58.6 Å². The normalized spacial score (nSPS) is 16.7. The molecule has 2 rings (SSSR count). The first-order chi connectivity index (χ1) is 11.4. The molecule has 1 aromatic carbocycles. The summed E-state index contributed by atoms with van der Waals surface area (Å²) in [5.74, 6) is 1.17. The summed E-state index contributed by atoms with van der Waals surface area (Å²) in [6, 6.07) is 2.32. The predicted octanol–water partition coefficient (Wildman–Crippen LogP) is 3.03. The van der Waals surface area contributed by atoms with Crippen LogP contribution >= 0.6 is 12.4 Å². The van der Waals surface area contributed by atoms with E-state index in [2.05, 4.69) is 5.32 Å². The van der Waals surface area contributed by atoms with Gasteiger partial charge in [0.05, 0.1) is 27.8 Å². The van der Waals surface area contributed by atoms with Crippen LogP contribution in [0.4, 0.5) is 13.2 Å². The molecule has 5 nitrogen and oxygen atoms in total. The van der Waals surface area contributed by atoms with Crippen molar-refractivity contribution in [3.05, 3.63) is 17.7 Å². The number of hydrogen-bond donors (Lipinski definition) is 1. The van der Waals surface area contributed by atoms with Crippen molar-refractivity contribution < 1.29 is 27.4 Å². The number of hydrogen-bond acceptors (Lipinski definition) is 5. The first kappa shape index (κ1) is 21.7. The molecule has 0 bridgehead atoms. The van der Waals surface area contributed by atoms with E-state index < -0.39 is 18.6 Å². The zero-order valence-electron chi connectivity index (χ0n) is 14.5. The molecule has 1 aliphatic rings. The maximum Gasteiger partial charge on any atom is 0.390 e. The van der Waals surface area contributed by atoms with E-state index in [4.69, 9.17) is 14.2 Å². The Balaban J connectivity index is 0.00000312. The Hall–Kier alpha value is -1.38. The van der Waals surface area contributed by atoms with Crippen molar-refractivity contribution in [1.82, 2.24) is 10.2 Å². The molecule has 0 amide bonds. The van der Waals surface area contributed by atoms with Crippen LogP contribution in [0, 0.1) is 0 Å². The van der Waals surface area contributed by atoms with Gasteiger partial charge in [0.2, 0.25) is 0 Å². The van der Waals surface area contributed by atoms with E-state index in [1.807, 2.05) is 4.90 Å². The highest BCUT2D eigenvalue weighted by Gasteiger charge is 2.37. The summed E-state index contributed by atoms with van der Waals surface area (Å²) in [6.07, 6.45) is -5.23. The van der Waals surface area contributed by atoms with E-state index in [0.717, 1.165) is 0 Å². The van der Waals surface area contributed by atoms with Crippen molar-refractivity contribution >= 4 is 12.4 Å². The number of piperazine rings is 1. The molecule has 1 fully saturated rings. The van der Waals surface area contributed by atoms with Gasteiger partial charge in [0.15, 0.2) is 11.5 Å².